The van der Waals surface area contributed by atoms with Crippen molar-refractivity contribution in [3.8, 4) is 11.5 Å². The Morgan fingerprint density at radius 2 is 1.91 bits per heavy atom. The Bertz CT molecular complexity index is 1250. The average Bonchev–Trinajstić information content (AvgIpc) is 2.80. The van der Waals surface area contributed by atoms with E-state index in [2.05, 4.69) is 47.7 Å². The summed E-state index contributed by atoms with van der Waals surface area (Å²) in [6, 6.07) is 15.5. The first-order valence-corrected chi connectivity index (χ1v) is 11.9. The van der Waals surface area contributed by atoms with Crippen molar-refractivity contribution in [1.29, 1.82) is 0 Å². The van der Waals surface area contributed by atoms with E-state index in [1.54, 1.807) is 48.5 Å². The number of anilines is 1. The molecule has 3 aromatic carbocycles. The first kappa shape index (κ1) is 25.7. The molecule has 0 saturated carbocycles. The van der Waals surface area contributed by atoms with Crippen molar-refractivity contribution in [3.05, 3.63) is 85.3 Å². The first-order chi connectivity index (χ1) is 16.3. The molecule has 0 aliphatic heterocycles. The van der Waals surface area contributed by atoms with E-state index in [4.69, 9.17) is 21.1 Å². The van der Waals surface area contributed by atoms with Crippen molar-refractivity contribution in [2.24, 2.45) is 5.10 Å². The van der Waals surface area contributed by atoms with Crippen LogP contribution in [0.2, 0.25) is 5.02 Å². The fourth-order valence-electron chi connectivity index (χ4n) is 2.82. The van der Waals surface area contributed by atoms with Gasteiger partial charge in [-0.2, -0.15) is 5.10 Å². The molecule has 176 valence electrons. The normalized spacial score (nSPS) is 10.7. The van der Waals surface area contributed by atoms with Crippen LogP contribution in [0.15, 0.2) is 68.6 Å². The Hall–Kier alpha value is -2.88. The number of benzene rings is 3. The molecule has 0 atom stereocenters. The van der Waals surface area contributed by atoms with Gasteiger partial charge in [-0.05, 0) is 70.9 Å². The second kappa shape index (κ2) is 12.0. The van der Waals surface area contributed by atoms with Gasteiger partial charge in [0.05, 0.1) is 17.8 Å². The number of rotatable bonds is 8. The van der Waals surface area contributed by atoms with Crippen LogP contribution in [-0.2, 0) is 4.79 Å². The van der Waals surface area contributed by atoms with Crippen LogP contribution in [0.25, 0.3) is 0 Å². The number of aryl methyl sites for hydroxylation is 1. The minimum atomic E-state index is -0.400. The molecule has 0 heterocycles. The molecule has 0 fully saturated rings. The first-order valence-electron chi connectivity index (χ1n) is 9.92. The van der Waals surface area contributed by atoms with E-state index in [0.717, 1.165) is 10.0 Å². The lowest BCUT2D eigenvalue weighted by molar-refractivity contribution is -0.118. The molecule has 0 radical (unpaired) electrons. The van der Waals surface area contributed by atoms with Gasteiger partial charge in [0.1, 0.15) is 11.5 Å². The van der Waals surface area contributed by atoms with E-state index >= 15 is 0 Å². The zero-order chi connectivity index (χ0) is 24.7. The van der Waals surface area contributed by atoms with E-state index in [-0.39, 0.29) is 12.5 Å². The van der Waals surface area contributed by atoms with E-state index in [1.807, 2.05) is 13.0 Å². The van der Waals surface area contributed by atoms with Crippen LogP contribution in [-0.4, -0.2) is 31.7 Å². The van der Waals surface area contributed by atoms with Gasteiger partial charge >= 0.3 is 0 Å². The molecule has 7 nitrogen and oxygen atoms in total. The number of hydrogen-bond acceptors (Lipinski definition) is 5. The highest BCUT2D eigenvalue weighted by atomic mass is 79.9. The largest absolute Gasteiger partial charge is 0.497 e. The zero-order valence-corrected chi connectivity index (χ0v) is 22.1. The smallest absolute Gasteiger partial charge is 0.271 e. The molecule has 0 aromatic heterocycles. The number of carbonyl (C=O) groups excluding carboxylic acids is 2. The predicted molar refractivity (Wildman–Crippen MR) is 140 cm³/mol. The maximum atomic E-state index is 12.4. The van der Waals surface area contributed by atoms with Gasteiger partial charge in [0.25, 0.3) is 11.8 Å². The van der Waals surface area contributed by atoms with Gasteiger partial charge in [0.2, 0.25) is 0 Å². The number of carbonyl (C=O) groups is 2. The van der Waals surface area contributed by atoms with Crippen LogP contribution in [0, 0.1) is 6.92 Å². The highest BCUT2D eigenvalue weighted by molar-refractivity contribution is 9.11. The molecule has 0 saturated heterocycles. The van der Waals surface area contributed by atoms with E-state index in [0.29, 0.717) is 37.8 Å². The lowest BCUT2D eigenvalue weighted by atomic mass is 10.2. The Labute approximate surface area is 218 Å². The summed E-state index contributed by atoms with van der Waals surface area (Å²) in [5.74, 6) is 0.195. The van der Waals surface area contributed by atoms with E-state index in [1.165, 1.54) is 13.3 Å². The SMILES string of the molecule is COc1cccc(C(=O)N/N=C/c2cc(Br)cc(Br)c2OCC(=O)Nc2ccc(C)c(Cl)c2)c1. The second-order valence-electron chi connectivity index (χ2n) is 7.04. The number of halogens is 3. The number of hydrogen-bond donors (Lipinski definition) is 2. The summed E-state index contributed by atoms with van der Waals surface area (Å²) in [6.07, 6.45) is 1.43. The van der Waals surface area contributed by atoms with Gasteiger partial charge in [-0.1, -0.05) is 39.7 Å². The number of nitrogens with zero attached hydrogens (tertiary/aromatic N) is 1. The summed E-state index contributed by atoms with van der Waals surface area (Å²) in [5.41, 5.74) is 4.89. The van der Waals surface area contributed by atoms with Crippen LogP contribution in [0.1, 0.15) is 21.5 Å². The molecular weight excluding hydrogens is 590 g/mol. The minimum Gasteiger partial charge on any atom is -0.497 e. The molecule has 3 aromatic rings. The van der Waals surface area contributed by atoms with Gasteiger partial charge in [0.15, 0.2) is 6.61 Å². The topological polar surface area (TPSA) is 89.0 Å². The van der Waals surface area contributed by atoms with Gasteiger partial charge < -0.3 is 14.8 Å². The molecular formula is C24H20Br2ClN3O4. The van der Waals surface area contributed by atoms with Crippen molar-refractivity contribution in [2.75, 3.05) is 19.0 Å². The van der Waals surface area contributed by atoms with E-state index in [9.17, 15) is 9.59 Å². The minimum absolute atomic E-state index is 0.247. The number of nitrogens with one attached hydrogen (secondary N) is 2. The van der Waals surface area contributed by atoms with Crippen molar-refractivity contribution >= 4 is 67.2 Å². The molecule has 0 aliphatic carbocycles. The highest BCUT2D eigenvalue weighted by Crippen LogP contribution is 2.32. The zero-order valence-electron chi connectivity index (χ0n) is 18.2. The number of methoxy groups -OCH3 is 1. The molecule has 2 N–H and O–H groups in total. The molecule has 3 rings (SSSR count). The maximum Gasteiger partial charge on any atom is 0.271 e. The second-order valence-corrected chi connectivity index (χ2v) is 9.22. The summed E-state index contributed by atoms with van der Waals surface area (Å²) in [7, 11) is 1.53. The Morgan fingerprint density at radius 1 is 1.12 bits per heavy atom. The Balaban J connectivity index is 1.68. The Morgan fingerprint density at radius 3 is 2.65 bits per heavy atom. The predicted octanol–water partition coefficient (Wildman–Crippen LogP) is 5.96. The average molecular weight is 610 g/mol. The monoisotopic (exact) mass is 607 g/mol. The summed E-state index contributed by atoms with van der Waals surface area (Å²) in [6.45, 7) is 1.63. The Kier molecular flexibility index (Phi) is 9.09. The van der Waals surface area contributed by atoms with Gasteiger partial charge in [0, 0.05) is 26.3 Å². The van der Waals surface area contributed by atoms with Crippen LogP contribution in [0.5, 0.6) is 11.5 Å². The molecule has 34 heavy (non-hydrogen) atoms. The molecule has 0 bridgehead atoms. The van der Waals surface area contributed by atoms with Crippen LogP contribution in [0.4, 0.5) is 5.69 Å². The van der Waals surface area contributed by atoms with Crippen molar-refractivity contribution in [3.63, 3.8) is 0 Å². The third kappa shape index (κ3) is 7.06. The molecule has 0 unspecified atom stereocenters. The highest BCUT2D eigenvalue weighted by Gasteiger charge is 2.13. The molecule has 10 heteroatoms. The fourth-order valence-corrected chi connectivity index (χ4v) is 4.38. The molecule has 0 aliphatic rings. The van der Waals surface area contributed by atoms with Crippen LogP contribution < -0.4 is 20.2 Å². The lowest BCUT2D eigenvalue weighted by Crippen LogP contribution is -2.21. The maximum absolute atomic E-state index is 12.4. The quantitative estimate of drug-likeness (QED) is 0.244. The summed E-state index contributed by atoms with van der Waals surface area (Å²) in [4.78, 5) is 24.7. The third-order valence-corrected chi connectivity index (χ3v) is 6.00. The van der Waals surface area contributed by atoms with Gasteiger partial charge in [-0.15, -0.1) is 0 Å². The summed E-state index contributed by atoms with van der Waals surface area (Å²) in [5, 5.41) is 7.33. The van der Waals surface area contributed by atoms with Crippen LogP contribution in [0.3, 0.4) is 0 Å². The van der Waals surface area contributed by atoms with Crippen LogP contribution >= 0.6 is 43.5 Å². The lowest BCUT2D eigenvalue weighted by Gasteiger charge is -2.12. The number of ether oxygens (including phenoxy) is 2. The van der Waals surface area contributed by atoms with E-state index < -0.39 is 5.91 Å². The molecule has 2 amide bonds. The van der Waals surface area contributed by atoms with Crippen molar-refractivity contribution in [1.82, 2.24) is 5.43 Å². The summed E-state index contributed by atoms with van der Waals surface area (Å²) < 4.78 is 12.2. The van der Waals surface area contributed by atoms with Gasteiger partial charge in [-0.3, -0.25) is 9.59 Å². The number of hydrazone groups is 1. The standard InChI is InChI=1S/C24H20Br2ClN3O4/c1-14-6-7-18(11-21(14)27)29-22(31)13-34-23-16(8-17(25)10-20(23)26)12-28-30-24(32)15-4-3-5-19(9-15)33-2/h3-12H,13H2,1-2H3,(H,29,31)(H,30,32)/b28-12+. The van der Waals surface area contributed by atoms with Gasteiger partial charge in [-0.25, -0.2) is 5.43 Å². The third-order valence-electron chi connectivity index (χ3n) is 4.54. The molecule has 0 spiro atoms. The number of amides is 2. The fraction of sp³-hybridized carbons (Fsp3) is 0.125. The summed E-state index contributed by atoms with van der Waals surface area (Å²) >= 11 is 13.0. The van der Waals surface area contributed by atoms with Crippen molar-refractivity contribution in [2.45, 2.75) is 6.92 Å². The van der Waals surface area contributed by atoms with Crippen molar-refractivity contribution < 1.29 is 19.1 Å².